The number of hydrogen-bond acceptors (Lipinski definition) is 3. The number of hydrogen-bond donors (Lipinski definition) is 1. The molecule has 0 aliphatic rings. The summed E-state index contributed by atoms with van der Waals surface area (Å²) in [6.07, 6.45) is 4.19. The van der Waals surface area contributed by atoms with E-state index in [2.05, 4.69) is 31.1 Å². The molecule has 0 fully saturated rings. The summed E-state index contributed by atoms with van der Waals surface area (Å²) in [5.41, 5.74) is 1.07. The fraction of sp³-hybridized carbons (Fsp3) is 0.615. The van der Waals surface area contributed by atoms with Crippen LogP contribution < -0.4 is 10.1 Å². The molecule has 0 aromatic carbocycles. The zero-order chi connectivity index (χ0) is 12.0. The minimum absolute atomic E-state index is 0.481. The van der Waals surface area contributed by atoms with E-state index in [0.717, 1.165) is 11.6 Å². The molecule has 0 aliphatic heterocycles. The molecule has 1 heterocycles. The van der Waals surface area contributed by atoms with Gasteiger partial charge >= 0.3 is 0 Å². The van der Waals surface area contributed by atoms with E-state index in [-0.39, 0.29) is 0 Å². The second-order valence-corrected chi connectivity index (χ2v) is 4.60. The van der Waals surface area contributed by atoms with Gasteiger partial charge < -0.3 is 10.1 Å². The highest BCUT2D eigenvalue weighted by Gasteiger charge is 2.04. The molecule has 0 radical (unpaired) electrons. The Balaban J connectivity index is 2.45. The predicted molar refractivity (Wildman–Crippen MR) is 67.9 cm³/mol. The van der Waals surface area contributed by atoms with Crippen LogP contribution in [-0.2, 0) is 0 Å². The highest BCUT2D eigenvalue weighted by atomic mass is 16.5. The maximum absolute atomic E-state index is 5.08. The first kappa shape index (κ1) is 12.8. The molecule has 1 aromatic rings. The Morgan fingerprint density at radius 2 is 2.06 bits per heavy atom. The smallest absolute Gasteiger partial charge is 0.214 e. The molecular weight excluding hydrogens is 200 g/mol. The van der Waals surface area contributed by atoms with Gasteiger partial charge in [-0.3, -0.25) is 0 Å². The molecule has 90 valence electrons. The Morgan fingerprint density at radius 3 is 2.69 bits per heavy atom. The molecule has 0 amide bonds. The quantitative estimate of drug-likeness (QED) is 0.801. The molecule has 0 spiro atoms. The number of ether oxygens (including phenoxy) is 1. The SMILES string of the molecule is COc1cc(NC(C)CCC(C)C)ccn1. The number of nitrogens with one attached hydrogen (secondary N) is 1. The third kappa shape index (κ3) is 4.51. The highest BCUT2D eigenvalue weighted by Crippen LogP contribution is 2.16. The van der Waals surface area contributed by atoms with Gasteiger partial charge in [0.15, 0.2) is 0 Å². The van der Waals surface area contributed by atoms with Crippen molar-refractivity contribution in [3.63, 3.8) is 0 Å². The first-order valence-electron chi connectivity index (χ1n) is 5.88. The van der Waals surface area contributed by atoms with Crippen LogP contribution in [0, 0.1) is 5.92 Å². The summed E-state index contributed by atoms with van der Waals surface area (Å²) >= 11 is 0. The van der Waals surface area contributed by atoms with Crippen molar-refractivity contribution in [3.8, 4) is 5.88 Å². The van der Waals surface area contributed by atoms with Crippen LogP contribution in [0.5, 0.6) is 5.88 Å². The Bertz CT molecular complexity index is 313. The third-order valence-electron chi connectivity index (χ3n) is 2.53. The lowest BCUT2D eigenvalue weighted by Crippen LogP contribution is -2.15. The monoisotopic (exact) mass is 222 g/mol. The summed E-state index contributed by atoms with van der Waals surface area (Å²) in [4.78, 5) is 4.08. The summed E-state index contributed by atoms with van der Waals surface area (Å²) in [5.74, 6) is 1.41. The Morgan fingerprint density at radius 1 is 1.31 bits per heavy atom. The summed E-state index contributed by atoms with van der Waals surface area (Å²) in [5, 5.41) is 3.45. The maximum atomic E-state index is 5.08. The molecule has 1 rings (SSSR count). The molecule has 1 N–H and O–H groups in total. The fourth-order valence-corrected chi connectivity index (χ4v) is 1.55. The van der Waals surface area contributed by atoms with Gasteiger partial charge in [-0.15, -0.1) is 0 Å². The van der Waals surface area contributed by atoms with E-state index < -0.39 is 0 Å². The molecule has 0 saturated heterocycles. The fourth-order valence-electron chi connectivity index (χ4n) is 1.55. The van der Waals surface area contributed by atoms with Gasteiger partial charge in [-0.1, -0.05) is 13.8 Å². The van der Waals surface area contributed by atoms with Crippen molar-refractivity contribution in [1.82, 2.24) is 4.98 Å². The molecule has 1 atom stereocenters. The van der Waals surface area contributed by atoms with Gasteiger partial charge in [0.25, 0.3) is 0 Å². The summed E-state index contributed by atoms with van der Waals surface area (Å²) in [7, 11) is 1.63. The third-order valence-corrected chi connectivity index (χ3v) is 2.53. The van der Waals surface area contributed by atoms with E-state index in [1.807, 2.05) is 12.1 Å². The molecule has 0 bridgehead atoms. The van der Waals surface area contributed by atoms with Gasteiger partial charge in [-0.05, 0) is 31.7 Å². The van der Waals surface area contributed by atoms with E-state index in [4.69, 9.17) is 4.74 Å². The topological polar surface area (TPSA) is 34.1 Å². The van der Waals surface area contributed by atoms with Crippen molar-refractivity contribution in [3.05, 3.63) is 18.3 Å². The van der Waals surface area contributed by atoms with Crippen LogP contribution in [0.15, 0.2) is 18.3 Å². The molecule has 1 unspecified atom stereocenters. The van der Waals surface area contributed by atoms with Crippen LogP contribution >= 0.6 is 0 Å². The first-order valence-corrected chi connectivity index (χ1v) is 5.88. The lowest BCUT2D eigenvalue weighted by molar-refractivity contribution is 0.398. The zero-order valence-corrected chi connectivity index (χ0v) is 10.7. The molecule has 1 aromatic heterocycles. The lowest BCUT2D eigenvalue weighted by Gasteiger charge is -2.16. The zero-order valence-electron chi connectivity index (χ0n) is 10.7. The Kier molecular flexibility index (Phi) is 5.09. The first-order chi connectivity index (χ1) is 7.61. The van der Waals surface area contributed by atoms with Gasteiger partial charge in [-0.2, -0.15) is 0 Å². The number of rotatable bonds is 6. The van der Waals surface area contributed by atoms with Gasteiger partial charge in [0, 0.05) is 24.0 Å². The van der Waals surface area contributed by atoms with E-state index in [1.165, 1.54) is 12.8 Å². The predicted octanol–water partition coefficient (Wildman–Crippen LogP) is 3.33. The number of pyridine rings is 1. The number of nitrogens with zero attached hydrogens (tertiary/aromatic N) is 1. The van der Waals surface area contributed by atoms with Gasteiger partial charge in [0.05, 0.1) is 7.11 Å². The second kappa shape index (κ2) is 6.36. The van der Waals surface area contributed by atoms with Crippen molar-refractivity contribution in [2.24, 2.45) is 5.92 Å². The molecular formula is C13H22N2O. The molecule has 3 heteroatoms. The minimum Gasteiger partial charge on any atom is -0.481 e. The van der Waals surface area contributed by atoms with Crippen LogP contribution in [-0.4, -0.2) is 18.1 Å². The van der Waals surface area contributed by atoms with Crippen molar-refractivity contribution < 1.29 is 4.74 Å². The summed E-state index contributed by atoms with van der Waals surface area (Å²) in [6.45, 7) is 6.71. The number of aromatic nitrogens is 1. The highest BCUT2D eigenvalue weighted by molar-refractivity contribution is 5.45. The Labute approximate surface area is 98.2 Å². The van der Waals surface area contributed by atoms with E-state index in [0.29, 0.717) is 11.9 Å². The van der Waals surface area contributed by atoms with Crippen LogP contribution in [0.25, 0.3) is 0 Å². The molecule has 0 aliphatic carbocycles. The van der Waals surface area contributed by atoms with Gasteiger partial charge in [0.1, 0.15) is 0 Å². The average Bonchev–Trinajstić information content (AvgIpc) is 2.26. The standard InChI is InChI=1S/C13H22N2O/c1-10(2)5-6-11(3)15-12-7-8-14-13(9-12)16-4/h7-11H,5-6H2,1-4H3,(H,14,15). The van der Waals surface area contributed by atoms with Crippen molar-refractivity contribution in [2.75, 3.05) is 12.4 Å². The molecule has 3 nitrogen and oxygen atoms in total. The van der Waals surface area contributed by atoms with E-state index in [1.54, 1.807) is 13.3 Å². The van der Waals surface area contributed by atoms with Gasteiger partial charge in [0.2, 0.25) is 5.88 Å². The van der Waals surface area contributed by atoms with Crippen LogP contribution in [0.3, 0.4) is 0 Å². The maximum Gasteiger partial charge on any atom is 0.214 e. The van der Waals surface area contributed by atoms with Crippen molar-refractivity contribution in [2.45, 2.75) is 39.7 Å². The molecule has 16 heavy (non-hydrogen) atoms. The number of anilines is 1. The van der Waals surface area contributed by atoms with Crippen molar-refractivity contribution in [1.29, 1.82) is 0 Å². The summed E-state index contributed by atoms with van der Waals surface area (Å²) < 4.78 is 5.08. The van der Waals surface area contributed by atoms with Crippen LogP contribution in [0.4, 0.5) is 5.69 Å². The van der Waals surface area contributed by atoms with E-state index >= 15 is 0 Å². The minimum atomic E-state index is 0.481. The lowest BCUT2D eigenvalue weighted by atomic mass is 10.0. The second-order valence-electron chi connectivity index (χ2n) is 4.60. The van der Waals surface area contributed by atoms with Crippen molar-refractivity contribution >= 4 is 5.69 Å². The average molecular weight is 222 g/mol. The van der Waals surface area contributed by atoms with E-state index in [9.17, 15) is 0 Å². The number of methoxy groups -OCH3 is 1. The van der Waals surface area contributed by atoms with Crippen LogP contribution in [0.1, 0.15) is 33.6 Å². The van der Waals surface area contributed by atoms with Gasteiger partial charge in [-0.25, -0.2) is 4.98 Å². The summed E-state index contributed by atoms with van der Waals surface area (Å²) in [6, 6.07) is 4.37. The molecule has 0 saturated carbocycles. The Hall–Kier alpha value is -1.25. The van der Waals surface area contributed by atoms with Crippen LogP contribution in [0.2, 0.25) is 0 Å². The normalized spacial score (nSPS) is 12.6. The largest absolute Gasteiger partial charge is 0.481 e.